The van der Waals surface area contributed by atoms with Gasteiger partial charge >= 0.3 is 10.3 Å². The molecular formula is CH2NO3S+. The molecule has 6 heavy (non-hydrogen) atoms. The monoisotopic (exact) mass is 108 g/mol. The minimum absolute atomic E-state index is 2.05. The second-order valence-corrected chi connectivity index (χ2v) is 1.66. The molecule has 5 heteroatoms. The Balaban J connectivity index is 4.41. The molecule has 0 aromatic rings. The van der Waals surface area contributed by atoms with Crippen LogP contribution in [0.4, 0.5) is 0 Å². The highest BCUT2D eigenvalue weighted by Crippen LogP contribution is 1.75. The van der Waals surface area contributed by atoms with Crippen LogP contribution in [0, 0.1) is 6.57 Å². The van der Waals surface area contributed by atoms with Crippen LogP contribution in [0.2, 0.25) is 0 Å². The molecule has 0 unspecified atom stereocenters. The van der Waals surface area contributed by atoms with Crippen LogP contribution in [0.1, 0.15) is 0 Å². The zero-order valence-corrected chi connectivity index (χ0v) is 3.51. The minimum atomic E-state index is -4.26. The maximum atomic E-state index is 9.26. The van der Waals surface area contributed by atoms with Crippen molar-refractivity contribution in [1.29, 1.82) is 0 Å². The Hall–Kier alpha value is -0.600. The third-order valence-corrected chi connectivity index (χ3v) is 0.400. The predicted molar refractivity (Wildman–Crippen MR) is 19.9 cm³/mol. The number of hydrogen-bond donors (Lipinski definition) is 1. The first-order valence-electron chi connectivity index (χ1n) is 0.957. The van der Waals surface area contributed by atoms with Gasteiger partial charge in [0.2, 0.25) is 0 Å². The molecule has 0 saturated carbocycles. The van der Waals surface area contributed by atoms with Gasteiger partial charge in [0.05, 0.1) is 4.25 Å². The third kappa shape index (κ3) is 3.40. The molecule has 0 amide bonds. The molecule has 0 radical (unpaired) electrons. The fraction of sp³-hybridized carbons (Fsp3) is 0. The van der Waals surface area contributed by atoms with Gasteiger partial charge in [-0.3, -0.25) is 0 Å². The van der Waals surface area contributed by atoms with E-state index in [1.807, 2.05) is 4.25 Å². The van der Waals surface area contributed by atoms with Gasteiger partial charge in [0.1, 0.15) is 0 Å². The van der Waals surface area contributed by atoms with Crippen LogP contribution in [-0.2, 0) is 10.3 Å². The minimum Gasteiger partial charge on any atom is -0.219 e. The lowest BCUT2D eigenvalue weighted by molar-refractivity contribution is 0.494. The summed E-state index contributed by atoms with van der Waals surface area (Å²) in [5.41, 5.74) is 0. The van der Waals surface area contributed by atoms with Gasteiger partial charge in [0.15, 0.2) is 0 Å². The molecule has 0 aromatic heterocycles. The molecule has 0 aromatic carbocycles. The normalized spacial score (nSPS) is 10.0. The number of rotatable bonds is 0. The molecule has 34 valence electrons. The molecule has 0 fully saturated rings. The van der Waals surface area contributed by atoms with Crippen LogP contribution in [0.15, 0.2) is 0 Å². The average Bonchev–Trinajstić information content (AvgIpc) is 1.35. The first kappa shape index (κ1) is 5.40. The molecule has 0 saturated heterocycles. The van der Waals surface area contributed by atoms with Crippen LogP contribution >= 0.6 is 0 Å². The summed E-state index contributed by atoms with van der Waals surface area (Å²) in [4.78, 5) is 0. The lowest BCUT2D eigenvalue weighted by Gasteiger charge is -1.53. The summed E-state index contributed by atoms with van der Waals surface area (Å²) in [6.45, 7) is 4.09. The summed E-state index contributed by atoms with van der Waals surface area (Å²) < 4.78 is 28.1. The topological polar surface area (TPSA) is 58.7 Å². The largest absolute Gasteiger partial charge is 0.627 e. The molecule has 1 N–H and O–H groups in total. The standard InChI is InChI=1S/CHNO3S/c1-2-6(3,4)5/h1H/p+1. The van der Waals surface area contributed by atoms with Crippen LogP contribution in [0.5, 0.6) is 0 Å². The maximum Gasteiger partial charge on any atom is 0.627 e. The Morgan fingerprint density at radius 2 is 1.83 bits per heavy atom. The molecule has 4 nitrogen and oxygen atoms in total. The van der Waals surface area contributed by atoms with Gasteiger partial charge in [0, 0.05) is 0 Å². The first-order chi connectivity index (χ1) is 2.56. The summed E-state index contributed by atoms with van der Waals surface area (Å²) >= 11 is 0. The quantitative estimate of drug-likeness (QED) is 0.435. The Morgan fingerprint density at radius 1 is 1.67 bits per heavy atom. The van der Waals surface area contributed by atoms with E-state index < -0.39 is 10.3 Å². The Labute approximate surface area is 35.1 Å². The highest BCUT2D eigenvalue weighted by Gasteiger charge is 2.08. The highest BCUT2D eigenvalue weighted by atomic mass is 32.2. The van der Waals surface area contributed by atoms with Gasteiger partial charge in [-0.1, -0.05) is 0 Å². The lowest BCUT2D eigenvalue weighted by Crippen LogP contribution is -1.83. The molecule has 0 rings (SSSR count). The van der Waals surface area contributed by atoms with Crippen LogP contribution in [-0.4, -0.2) is 13.0 Å². The van der Waals surface area contributed by atoms with E-state index in [0.29, 0.717) is 0 Å². The summed E-state index contributed by atoms with van der Waals surface area (Å²) in [7, 11) is -4.26. The van der Waals surface area contributed by atoms with Crippen molar-refractivity contribution in [1.82, 2.24) is 0 Å². The van der Waals surface area contributed by atoms with Crippen LogP contribution in [0.25, 0.3) is 4.25 Å². The van der Waals surface area contributed by atoms with E-state index in [1.54, 1.807) is 0 Å². The SMILES string of the molecule is C#[N+]S(=O)(=O)O. The average molecular weight is 108 g/mol. The van der Waals surface area contributed by atoms with Gasteiger partial charge in [-0.25, -0.2) is 4.55 Å². The van der Waals surface area contributed by atoms with Crippen molar-refractivity contribution in [2.45, 2.75) is 0 Å². The zero-order chi connectivity index (χ0) is 5.21. The Bertz CT molecular complexity index is 160. The van der Waals surface area contributed by atoms with E-state index >= 15 is 0 Å². The van der Waals surface area contributed by atoms with E-state index in [0.717, 1.165) is 0 Å². The Morgan fingerprint density at radius 3 is 1.83 bits per heavy atom. The smallest absolute Gasteiger partial charge is 0.219 e. The zero-order valence-electron chi connectivity index (χ0n) is 2.70. The van der Waals surface area contributed by atoms with Crippen molar-refractivity contribution < 1.29 is 13.0 Å². The molecule has 0 aliphatic rings. The molecule has 0 aliphatic carbocycles. The maximum absolute atomic E-state index is 9.26. The van der Waals surface area contributed by atoms with Gasteiger partial charge < -0.3 is 0 Å². The molecule has 0 atom stereocenters. The molecule has 0 heterocycles. The highest BCUT2D eigenvalue weighted by molar-refractivity contribution is 7.87. The van der Waals surface area contributed by atoms with Gasteiger partial charge in [-0.05, 0) is 0 Å². The molecule has 0 spiro atoms. The summed E-state index contributed by atoms with van der Waals surface area (Å²) in [5, 5.41) is 0. The summed E-state index contributed by atoms with van der Waals surface area (Å²) in [5.74, 6) is 0. The van der Waals surface area contributed by atoms with E-state index in [9.17, 15) is 8.42 Å². The lowest BCUT2D eigenvalue weighted by atomic mass is 11.9. The fourth-order valence-electron chi connectivity index (χ4n) is 0. The van der Waals surface area contributed by atoms with Gasteiger partial charge in [-0.2, -0.15) is 0 Å². The van der Waals surface area contributed by atoms with Gasteiger partial charge in [-0.15, -0.1) is 8.42 Å². The van der Waals surface area contributed by atoms with Crippen LogP contribution in [0.3, 0.4) is 0 Å². The summed E-state index contributed by atoms with van der Waals surface area (Å²) in [6, 6.07) is 0. The second kappa shape index (κ2) is 1.24. The van der Waals surface area contributed by atoms with Crippen molar-refractivity contribution >= 4 is 10.3 Å². The van der Waals surface area contributed by atoms with E-state index in [-0.39, 0.29) is 0 Å². The second-order valence-electron chi connectivity index (χ2n) is 0.553. The third-order valence-electron chi connectivity index (χ3n) is 0.133. The van der Waals surface area contributed by atoms with Crippen molar-refractivity contribution in [2.75, 3.05) is 0 Å². The van der Waals surface area contributed by atoms with E-state index in [1.165, 1.54) is 0 Å². The van der Waals surface area contributed by atoms with Crippen molar-refractivity contribution in [2.24, 2.45) is 0 Å². The van der Waals surface area contributed by atoms with E-state index in [4.69, 9.17) is 4.55 Å². The van der Waals surface area contributed by atoms with Crippen molar-refractivity contribution in [3.8, 4) is 6.57 Å². The van der Waals surface area contributed by atoms with Crippen molar-refractivity contribution in [3.63, 3.8) is 0 Å². The molecule has 0 aliphatic heterocycles. The van der Waals surface area contributed by atoms with E-state index in [2.05, 4.69) is 6.57 Å². The fourth-order valence-corrected chi connectivity index (χ4v) is 0. The molecular weight excluding hydrogens is 106 g/mol. The van der Waals surface area contributed by atoms with Crippen molar-refractivity contribution in [3.05, 3.63) is 4.25 Å². The summed E-state index contributed by atoms with van der Waals surface area (Å²) in [6.07, 6.45) is 0. The number of nitrogens with zero attached hydrogens (tertiary/aromatic N) is 1. The Kier molecular flexibility index (Phi) is 1.12. The number of hydrogen-bond acceptors (Lipinski definition) is 2. The van der Waals surface area contributed by atoms with Crippen LogP contribution < -0.4 is 0 Å². The predicted octanol–water partition coefficient (Wildman–Crippen LogP) is -0.248. The van der Waals surface area contributed by atoms with Gasteiger partial charge in [0.25, 0.3) is 6.57 Å². The molecule has 0 bridgehead atoms. The first-order valence-corrected chi connectivity index (χ1v) is 2.35.